The van der Waals surface area contributed by atoms with Crippen molar-refractivity contribution < 1.29 is 14.7 Å². The van der Waals surface area contributed by atoms with Gasteiger partial charge in [-0.15, -0.1) is 0 Å². The first-order valence-corrected chi connectivity index (χ1v) is 6.35. The summed E-state index contributed by atoms with van der Waals surface area (Å²) in [6.07, 6.45) is 4.55. The maximum absolute atomic E-state index is 12.1. The predicted octanol–water partition coefficient (Wildman–Crippen LogP) is 2.19. The van der Waals surface area contributed by atoms with Crippen LogP contribution in [0.15, 0.2) is 18.3 Å². The Morgan fingerprint density at radius 2 is 2.21 bits per heavy atom. The van der Waals surface area contributed by atoms with Crippen molar-refractivity contribution in [3.05, 3.63) is 24.0 Å². The molecule has 0 radical (unpaired) electrons. The molecule has 0 spiro atoms. The van der Waals surface area contributed by atoms with Crippen LogP contribution >= 0.6 is 0 Å². The fourth-order valence-corrected chi connectivity index (χ4v) is 2.19. The number of carbonyl (C=O) groups is 2. The third kappa shape index (κ3) is 3.21. The number of anilines is 1. The van der Waals surface area contributed by atoms with Crippen molar-refractivity contribution in [1.82, 2.24) is 9.88 Å². The van der Waals surface area contributed by atoms with Crippen molar-refractivity contribution in [2.45, 2.75) is 32.2 Å². The van der Waals surface area contributed by atoms with Gasteiger partial charge in [0.15, 0.2) is 0 Å². The highest BCUT2D eigenvalue weighted by molar-refractivity contribution is 5.90. The van der Waals surface area contributed by atoms with Gasteiger partial charge in [0.05, 0.1) is 11.9 Å². The maximum Gasteiger partial charge on any atom is 0.354 e. The smallest absolute Gasteiger partial charge is 0.354 e. The number of hydrogen-bond donors (Lipinski definition) is 2. The summed E-state index contributed by atoms with van der Waals surface area (Å²) in [6.45, 7) is 2.79. The second-order valence-electron chi connectivity index (χ2n) is 4.71. The van der Waals surface area contributed by atoms with E-state index in [2.05, 4.69) is 10.3 Å². The molecule has 0 aliphatic carbocycles. The number of carbonyl (C=O) groups excluding carboxylic acids is 1. The van der Waals surface area contributed by atoms with Gasteiger partial charge in [-0.2, -0.15) is 0 Å². The molecule has 2 rings (SSSR count). The molecular weight excluding hydrogens is 246 g/mol. The SMILES string of the molecule is CC1CCCCN1C(=O)Nc1ccc(C(=O)O)nc1. The number of aromatic nitrogens is 1. The molecule has 102 valence electrons. The Labute approximate surface area is 111 Å². The van der Waals surface area contributed by atoms with Crippen LogP contribution in [0.1, 0.15) is 36.7 Å². The number of pyridine rings is 1. The van der Waals surface area contributed by atoms with E-state index in [-0.39, 0.29) is 17.8 Å². The van der Waals surface area contributed by atoms with Crippen LogP contribution in [0, 0.1) is 0 Å². The zero-order valence-electron chi connectivity index (χ0n) is 10.8. The van der Waals surface area contributed by atoms with Crippen molar-refractivity contribution in [3.8, 4) is 0 Å². The lowest BCUT2D eigenvalue weighted by Gasteiger charge is -2.33. The van der Waals surface area contributed by atoms with Crippen molar-refractivity contribution >= 4 is 17.7 Å². The largest absolute Gasteiger partial charge is 0.477 e. The minimum Gasteiger partial charge on any atom is -0.477 e. The maximum atomic E-state index is 12.1. The molecule has 0 saturated carbocycles. The number of nitrogens with one attached hydrogen (secondary N) is 1. The predicted molar refractivity (Wildman–Crippen MR) is 70.2 cm³/mol. The second kappa shape index (κ2) is 5.69. The molecule has 2 amide bonds. The zero-order chi connectivity index (χ0) is 13.8. The van der Waals surface area contributed by atoms with Gasteiger partial charge in [-0.1, -0.05) is 0 Å². The summed E-state index contributed by atoms with van der Waals surface area (Å²) in [5, 5.41) is 11.5. The quantitative estimate of drug-likeness (QED) is 0.856. The molecule has 1 saturated heterocycles. The van der Waals surface area contributed by atoms with Crippen LogP contribution in [-0.4, -0.2) is 39.6 Å². The van der Waals surface area contributed by atoms with Gasteiger partial charge in [0.1, 0.15) is 5.69 Å². The summed E-state index contributed by atoms with van der Waals surface area (Å²) < 4.78 is 0. The van der Waals surface area contributed by atoms with E-state index in [0.29, 0.717) is 5.69 Å². The van der Waals surface area contributed by atoms with Gasteiger partial charge in [-0.05, 0) is 38.3 Å². The van der Waals surface area contributed by atoms with Gasteiger partial charge in [0.25, 0.3) is 0 Å². The van der Waals surface area contributed by atoms with Crippen LogP contribution in [0.5, 0.6) is 0 Å². The summed E-state index contributed by atoms with van der Waals surface area (Å²) in [5.41, 5.74) is 0.470. The third-order valence-electron chi connectivity index (χ3n) is 3.30. The molecule has 2 N–H and O–H groups in total. The fourth-order valence-electron chi connectivity index (χ4n) is 2.19. The lowest BCUT2D eigenvalue weighted by Crippen LogP contribution is -2.44. The number of rotatable bonds is 2. The molecule has 6 nitrogen and oxygen atoms in total. The number of likely N-dealkylation sites (tertiary alicyclic amines) is 1. The van der Waals surface area contributed by atoms with E-state index in [9.17, 15) is 9.59 Å². The number of carboxylic acids is 1. The molecule has 1 aliphatic heterocycles. The first kappa shape index (κ1) is 13.3. The van der Waals surface area contributed by atoms with Crippen molar-refractivity contribution in [2.24, 2.45) is 0 Å². The molecule has 19 heavy (non-hydrogen) atoms. The number of urea groups is 1. The highest BCUT2D eigenvalue weighted by Gasteiger charge is 2.23. The Morgan fingerprint density at radius 1 is 1.42 bits per heavy atom. The van der Waals surface area contributed by atoms with Crippen LogP contribution in [0.25, 0.3) is 0 Å². The van der Waals surface area contributed by atoms with Crippen LogP contribution in [0.3, 0.4) is 0 Å². The summed E-state index contributed by atoms with van der Waals surface area (Å²) in [5.74, 6) is -1.08. The van der Waals surface area contributed by atoms with Crippen molar-refractivity contribution in [2.75, 3.05) is 11.9 Å². The molecule has 1 fully saturated rings. The Bertz CT molecular complexity index is 473. The summed E-state index contributed by atoms with van der Waals surface area (Å²) in [6, 6.07) is 3.00. The number of hydrogen-bond acceptors (Lipinski definition) is 3. The molecule has 2 heterocycles. The van der Waals surface area contributed by atoms with Gasteiger partial charge in [-0.25, -0.2) is 14.6 Å². The molecule has 1 aromatic heterocycles. The number of nitrogens with zero attached hydrogens (tertiary/aromatic N) is 2. The molecule has 0 aromatic carbocycles. The highest BCUT2D eigenvalue weighted by atomic mass is 16.4. The zero-order valence-corrected chi connectivity index (χ0v) is 10.8. The molecule has 1 atom stereocenters. The van der Waals surface area contributed by atoms with E-state index in [1.807, 2.05) is 6.92 Å². The third-order valence-corrected chi connectivity index (χ3v) is 3.30. The van der Waals surface area contributed by atoms with Gasteiger partial charge in [-0.3, -0.25) is 0 Å². The number of aromatic carboxylic acids is 1. The lowest BCUT2D eigenvalue weighted by atomic mass is 10.0. The van der Waals surface area contributed by atoms with Crippen LogP contribution < -0.4 is 5.32 Å². The number of piperidine rings is 1. The van der Waals surface area contributed by atoms with E-state index in [1.54, 1.807) is 11.0 Å². The van der Waals surface area contributed by atoms with E-state index in [4.69, 9.17) is 5.11 Å². The standard InChI is InChI=1S/C13H17N3O3/c1-9-4-2-3-7-16(9)13(19)15-10-5-6-11(12(17)18)14-8-10/h5-6,8-9H,2-4,7H2,1H3,(H,15,19)(H,17,18). The van der Waals surface area contributed by atoms with E-state index in [0.717, 1.165) is 25.8 Å². The van der Waals surface area contributed by atoms with Crippen LogP contribution in [-0.2, 0) is 0 Å². The van der Waals surface area contributed by atoms with Gasteiger partial charge in [0.2, 0.25) is 0 Å². The molecule has 6 heteroatoms. The average molecular weight is 263 g/mol. The van der Waals surface area contributed by atoms with Gasteiger partial charge in [0, 0.05) is 12.6 Å². The van der Waals surface area contributed by atoms with E-state index >= 15 is 0 Å². The normalized spacial score (nSPS) is 19.0. The lowest BCUT2D eigenvalue weighted by molar-refractivity contribution is 0.0690. The number of carboxylic acid groups (broad SMARTS) is 1. The summed E-state index contributed by atoms with van der Waals surface area (Å²) in [4.78, 5) is 28.3. The fraction of sp³-hybridized carbons (Fsp3) is 0.462. The first-order chi connectivity index (χ1) is 9.08. The first-order valence-electron chi connectivity index (χ1n) is 6.35. The summed E-state index contributed by atoms with van der Waals surface area (Å²) in [7, 11) is 0. The van der Waals surface area contributed by atoms with Crippen molar-refractivity contribution in [1.29, 1.82) is 0 Å². The molecule has 1 aromatic rings. The summed E-state index contributed by atoms with van der Waals surface area (Å²) >= 11 is 0. The molecule has 0 bridgehead atoms. The Balaban J connectivity index is 2.00. The Morgan fingerprint density at radius 3 is 2.79 bits per heavy atom. The Hall–Kier alpha value is -2.11. The van der Waals surface area contributed by atoms with Gasteiger partial charge < -0.3 is 15.3 Å². The van der Waals surface area contributed by atoms with Gasteiger partial charge >= 0.3 is 12.0 Å². The van der Waals surface area contributed by atoms with Crippen LogP contribution in [0.4, 0.5) is 10.5 Å². The van der Waals surface area contributed by atoms with E-state index < -0.39 is 5.97 Å². The molecular formula is C13H17N3O3. The minimum absolute atomic E-state index is 0.0376. The number of amides is 2. The van der Waals surface area contributed by atoms with E-state index in [1.165, 1.54) is 12.3 Å². The topological polar surface area (TPSA) is 82.5 Å². The van der Waals surface area contributed by atoms with Crippen LogP contribution in [0.2, 0.25) is 0 Å². The molecule has 1 unspecified atom stereocenters. The Kier molecular flexibility index (Phi) is 3.99. The second-order valence-corrected chi connectivity index (χ2v) is 4.71. The highest BCUT2D eigenvalue weighted by Crippen LogP contribution is 2.17. The van der Waals surface area contributed by atoms with Crippen molar-refractivity contribution in [3.63, 3.8) is 0 Å². The average Bonchev–Trinajstić information content (AvgIpc) is 2.39. The minimum atomic E-state index is -1.08. The molecule has 1 aliphatic rings. The monoisotopic (exact) mass is 263 g/mol.